The van der Waals surface area contributed by atoms with E-state index in [4.69, 9.17) is 21.1 Å². The zero-order valence-electron chi connectivity index (χ0n) is 15.8. The number of rotatable bonds is 6. The van der Waals surface area contributed by atoms with Gasteiger partial charge in [0.1, 0.15) is 0 Å². The number of nitrogens with zero attached hydrogens (tertiary/aromatic N) is 1. The van der Waals surface area contributed by atoms with Crippen molar-refractivity contribution in [3.63, 3.8) is 0 Å². The van der Waals surface area contributed by atoms with Crippen molar-refractivity contribution in [2.75, 3.05) is 31.0 Å². The van der Waals surface area contributed by atoms with Crippen LogP contribution in [0, 0.1) is 0 Å². The Balaban J connectivity index is 1.68. The smallest absolute Gasteiger partial charge is 0.319 e. The number of ether oxygens (including phenoxy) is 2. The normalized spacial score (nSPS) is 13.4. The fraction of sp³-hybridized carbons (Fsp3) is 0.300. The SMILES string of the molecule is COc1cccc(CNC(=O)Nc2cc(N3CCCC3=O)ccc2Cl)c1OC. The van der Waals surface area contributed by atoms with Crippen LogP contribution in [0.25, 0.3) is 0 Å². The average molecular weight is 404 g/mol. The zero-order chi connectivity index (χ0) is 20.1. The van der Waals surface area contributed by atoms with E-state index in [9.17, 15) is 9.59 Å². The van der Waals surface area contributed by atoms with Gasteiger partial charge in [0.15, 0.2) is 11.5 Å². The van der Waals surface area contributed by atoms with Crippen molar-refractivity contribution >= 4 is 34.9 Å². The van der Waals surface area contributed by atoms with Gasteiger partial charge in [0, 0.05) is 30.8 Å². The van der Waals surface area contributed by atoms with Crippen molar-refractivity contribution in [3.05, 3.63) is 47.0 Å². The van der Waals surface area contributed by atoms with E-state index in [1.54, 1.807) is 43.4 Å². The van der Waals surface area contributed by atoms with Crippen LogP contribution in [0.5, 0.6) is 11.5 Å². The van der Waals surface area contributed by atoms with E-state index < -0.39 is 6.03 Å². The number of amides is 3. The van der Waals surface area contributed by atoms with Crippen molar-refractivity contribution in [2.45, 2.75) is 19.4 Å². The molecular formula is C20H22ClN3O4. The summed E-state index contributed by atoms with van der Waals surface area (Å²) in [7, 11) is 3.11. The summed E-state index contributed by atoms with van der Waals surface area (Å²) < 4.78 is 10.6. The van der Waals surface area contributed by atoms with Gasteiger partial charge in [-0.15, -0.1) is 0 Å². The van der Waals surface area contributed by atoms with Gasteiger partial charge in [-0.05, 0) is 30.7 Å². The number of para-hydroxylation sites is 1. The maximum atomic E-state index is 12.4. The predicted octanol–water partition coefficient (Wildman–Crippen LogP) is 3.81. The number of anilines is 2. The first-order valence-corrected chi connectivity index (χ1v) is 9.26. The summed E-state index contributed by atoms with van der Waals surface area (Å²) in [6.07, 6.45) is 1.36. The number of hydrogen-bond acceptors (Lipinski definition) is 4. The fourth-order valence-corrected chi connectivity index (χ4v) is 3.30. The molecule has 0 atom stereocenters. The summed E-state index contributed by atoms with van der Waals surface area (Å²) in [5, 5.41) is 5.90. The standard InChI is InChI=1S/C20H22ClN3O4/c1-27-17-6-3-5-13(19(17)28-2)12-22-20(26)23-16-11-14(8-9-15(16)21)24-10-4-7-18(24)25/h3,5-6,8-9,11H,4,7,10,12H2,1-2H3,(H2,22,23,26). The molecule has 0 aromatic heterocycles. The molecule has 28 heavy (non-hydrogen) atoms. The molecule has 2 aromatic rings. The second-order valence-electron chi connectivity index (χ2n) is 6.27. The van der Waals surface area contributed by atoms with Gasteiger partial charge in [0.05, 0.1) is 24.9 Å². The highest BCUT2D eigenvalue weighted by atomic mass is 35.5. The number of carbonyl (C=O) groups is 2. The van der Waals surface area contributed by atoms with Crippen LogP contribution < -0.4 is 25.0 Å². The summed E-state index contributed by atoms with van der Waals surface area (Å²) in [5.74, 6) is 1.23. The number of nitrogens with one attached hydrogen (secondary N) is 2. The Labute approximate surface area is 168 Å². The molecule has 1 saturated heterocycles. The maximum absolute atomic E-state index is 12.4. The van der Waals surface area contributed by atoms with Gasteiger partial charge in [-0.1, -0.05) is 23.7 Å². The lowest BCUT2D eigenvalue weighted by Crippen LogP contribution is -2.29. The van der Waals surface area contributed by atoms with Crippen LogP contribution in [0.1, 0.15) is 18.4 Å². The van der Waals surface area contributed by atoms with Crippen molar-refractivity contribution in [2.24, 2.45) is 0 Å². The molecule has 0 aliphatic carbocycles. The van der Waals surface area contributed by atoms with Crippen LogP contribution in [0.3, 0.4) is 0 Å². The van der Waals surface area contributed by atoms with Crippen molar-refractivity contribution < 1.29 is 19.1 Å². The monoisotopic (exact) mass is 403 g/mol. The number of benzene rings is 2. The molecule has 2 N–H and O–H groups in total. The van der Waals surface area contributed by atoms with Gasteiger partial charge >= 0.3 is 6.03 Å². The minimum absolute atomic E-state index is 0.0721. The first-order chi connectivity index (χ1) is 13.5. The third kappa shape index (κ3) is 4.31. The lowest BCUT2D eigenvalue weighted by Gasteiger charge is -2.18. The Bertz CT molecular complexity index is 888. The predicted molar refractivity (Wildman–Crippen MR) is 108 cm³/mol. The number of carbonyl (C=O) groups excluding carboxylic acids is 2. The van der Waals surface area contributed by atoms with Crippen molar-refractivity contribution in [3.8, 4) is 11.5 Å². The van der Waals surface area contributed by atoms with Crippen molar-refractivity contribution in [1.82, 2.24) is 5.32 Å². The van der Waals surface area contributed by atoms with Crippen LogP contribution in [0.4, 0.5) is 16.2 Å². The maximum Gasteiger partial charge on any atom is 0.319 e. The quantitative estimate of drug-likeness (QED) is 0.768. The third-order valence-electron chi connectivity index (χ3n) is 4.51. The Morgan fingerprint density at radius 3 is 2.71 bits per heavy atom. The van der Waals surface area contributed by atoms with E-state index in [0.29, 0.717) is 35.2 Å². The third-order valence-corrected chi connectivity index (χ3v) is 4.84. The second-order valence-corrected chi connectivity index (χ2v) is 6.68. The van der Waals surface area contributed by atoms with E-state index in [-0.39, 0.29) is 12.5 Å². The van der Waals surface area contributed by atoms with Gasteiger partial charge in [0.2, 0.25) is 5.91 Å². The molecule has 7 nitrogen and oxygen atoms in total. The summed E-state index contributed by atoms with van der Waals surface area (Å²) in [4.78, 5) is 26.0. The van der Waals surface area contributed by atoms with E-state index in [1.807, 2.05) is 12.1 Å². The molecule has 1 aliphatic heterocycles. The molecule has 148 valence electrons. The summed E-state index contributed by atoms with van der Waals surface area (Å²) in [6, 6.07) is 10.2. The van der Waals surface area contributed by atoms with Gasteiger partial charge in [-0.3, -0.25) is 4.79 Å². The van der Waals surface area contributed by atoms with Gasteiger partial charge in [-0.25, -0.2) is 4.79 Å². The van der Waals surface area contributed by atoms with E-state index >= 15 is 0 Å². The minimum Gasteiger partial charge on any atom is -0.493 e. The molecule has 0 unspecified atom stereocenters. The van der Waals surface area contributed by atoms with Crippen LogP contribution >= 0.6 is 11.6 Å². The van der Waals surface area contributed by atoms with Gasteiger partial charge < -0.3 is 25.0 Å². The molecule has 1 heterocycles. The second kappa shape index (κ2) is 8.84. The summed E-state index contributed by atoms with van der Waals surface area (Å²) in [6.45, 7) is 0.913. The Kier molecular flexibility index (Phi) is 6.26. The van der Waals surface area contributed by atoms with Gasteiger partial charge in [-0.2, -0.15) is 0 Å². The number of hydrogen-bond donors (Lipinski definition) is 2. The largest absolute Gasteiger partial charge is 0.493 e. The molecule has 1 aliphatic rings. The highest BCUT2D eigenvalue weighted by molar-refractivity contribution is 6.33. The fourth-order valence-electron chi connectivity index (χ4n) is 3.13. The minimum atomic E-state index is -0.420. The Morgan fingerprint density at radius 1 is 1.21 bits per heavy atom. The highest BCUT2D eigenvalue weighted by Gasteiger charge is 2.22. The first kappa shape index (κ1) is 19.8. The summed E-state index contributed by atoms with van der Waals surface area (Å²) >= 11 is 6.21. The topological polar surface area (TPSA) is 79.9 Å². The molecule has 8 heteroatoms. The highest BCUT2D eigenvalue weighted by Crippen LogP contribution is 2.31. The Hall–Kier alpha value is -2.93. The first-order valence-electron chi connectivity index (χ1n) is 8.88. The molecule has 1 fully saturated rings. The molecule has 0 bridgehead atoms. The number of halogens is 1. The molecule has 0 radical (unpaired) electrons. The number of urea groups is 1. The lowest BCUT2D eigenvalue weighted by atomic mass is 10.2. The van der Waals surface area contributed by atoms with E-state index in [2.05, 4.69) is 10.6 Å². The molecule has 2 aromatic carbocycles. The van der Waals surface area contributed by atoms with Crippen LogP contribution in [0.15, 0.2) is 36.4 Å². The molecule has 3 amide bonds. The van der Waals surface area contributed by atoms with Gasteiger partial charge in [0.25, 0.3) is 0 Å². The van der Waals surface area contributed by atoms with E-state index in [0.717, 1.165) is 17.7 Å². The van der Waals surface area contributed by atoms with E-state index in [1.165, 1.54) is 0 Å². The lowest BCUT2D eigenvalue weighted by molar-refractivity contribution is -0.117. The van der Waals surface area contributed by atoms with Crippen LogP contribution in [0.2, 0.25) is 5.02 Å². The Morgan fingerprint density at radius 2 is 2.04 bits per heavy atom. The molecular weight excluding hydrogens is 382 g/mol. The molecule has 3 rings (SSSR count). The summed E-state index contributed by atoms with van der Waals surface area (Å²) in [5.41, 5.74) is 1.94. The number of methoxy groups -OCH3 is 2. The van der Waals surface area contributed by atoms with Crippen LogP contribution in [-0.4, -0.2) is 32.7 Å². The molecule has 0 saturated carbocycles. The molecule has 0 spiro atoms. The van der Waals surface area contributed by atoms with Crippen molar-refractivity contribution in [1.29, 1.82) is 0 Å². The zero-order valence-corrected chi connectivity index (χ0v) is 16.5. The average Bonchev–Trinajstić information content (AvgIpc) is 3.13. The van der Waals surface area contributed by atoms with Crippen LogP contribution in [-0.2, 0) is 11.3 Å².